The number of hydrogen-bond acceptors (Lipinski definition) is 3. The Hall–Kier alpha value is -0.320. The third-order valence-corrected chi connectivity index (χ3v) is 4.87. The van der Waals surface area contributed by atoms with Gasteiger partial charge in [-0.25, -0.2) is 0 Å². The van der Waals surface area contributed by atoms with Crippen molar-refractivity contribution in [1.82, 2.24) is 4.90 Å². The van der Waals surface area contributed by atoms with Gasteiger partial charge in [-0.15, -0.1) is 12.4 Å². The summed E-state index contributed by atoms with van der Waals surface area (Å²) in [5.41, 5.74) is 5.45. The van der Waals surface area contributed by atoms with E-state index < -0.39 is 0 Å². The van der Waals surface area contributed by atoms with Crippen LogP contribution in [-0.4, -0.2) is 43.2 Å². The predicted octanol–water partition coefficient (Wildman–Crippen LogP) is 2.34. The maximum Gasteiger partial charge on any atom is 0.228 e. The molecule has 0 aromatic rings. The van der Waals surface area contributed by atoms with E-state index in [1.54, 1.807) is 0 Å². The van der Waals surface area contributed by atoms with Gasteiger partial charge in [-0.2, -0.15) is 0 Å². The Bertz CT molecular complexity index is 295. The van der Waals surface area contributed by atoms with Crippen LogP contribution in [0.15, 0.2) is 0 Å². The minimum Gasteiger partial charge on any atom is -0.378 e. The van der Waals surface area contributed by atoms with Gasteiger partial charge in [-0.05, 0) is 45.1 Å². The molecule has 4 nitrogen and oxygen atoms in total. The number of hydrogen-bond donors (Lipinski definition) is 1. The Morgan fingerprint density at radius 1 is 1.35 bits per heavy atom. The number of rotatable bonds is 6. The summed E-state index contributed by atoms with van der Waals surface area (Å²) in [6.07, 6.45) is 7.63. The van der Waals surface area contributed by atoms with Gasteiger partial charge in [0.15, 0.2) is 0 Å². The molecule has 0 aromatic carbocycles. The van der Waals surface area contributed by atoms with Crippen LogP contribution in [0.4, 0.5) is 0 Å². The molecule has 1 amide bonds. The fourth-order valence-electron chi connectivity index (χ4n) is 3.22. The first-order valence-corrected chi connectivity index (χ1v) is 7.83. The van der Waals surface area contributed by atoms with Gasteiger partial charge < -0.3 is 15.4 Å². The molecule has 118 valence electrons. The van der Waals surface area contributed by atoms with Crippen LogP contribution in [0.2, 0.25) is 0 Å². The van der Waals surface area contributed by atoms with Gasteiger partial charge in [0.1, 0.15) is 0 Å². The standard InChI is InChI=1S/C15H28N2O2.ClH/c1-2-15(7-3-8-15)14(18)17-10-5-13(6-11-17)19-12-4-9-16;/h13H,2-12,16H2,1H3;1H. The molecule has 2 N–H and O–H groups in total. The summed E-state index contributed by atoms with van der Waals surface area (Å²) in [5.74, 6) is 0.404. The average Bonchev–Trinajstić information content (AvgIpc) is 2.39. The molecule has 1 saturated carbocycles. The SMILES string of the molecule is CCC1(C(=O)N2CCC(OCCCN)CC2)CCC1.Cl. The van der Waals surface area contributed by atoms with Crippen molar-refractivity contribution in [3.63, 3.8) is 0 Å². The number of halogens is 1. The van der Waals surface area contributed by atoms with Crippen molar-refractivity contribution in [3.05, 3.63) is 0 Å². The predicted molar refractivity (Wildman–Crippen MR) is 83.0 cm³/mol. The van der Waals surface area contributed by atoms with Gasteiger partial charge in [0.25, 0.3) is 0 Å². The first-order chi connectivity index (χ1) is 9.22. The average molecular weight is 305 g/mol. The zero-order chi connectivity index (χ0) is 13.7. The van der Waals surface area contributed by atoms with Gasteiger partial charge in [0.2, 0.25) is 5.91 Å². The number of carbonyl (C=O) groups is 1. The van der Waals surface area contributed by atoms with Gasteiger partial charge >= 0.3 is 0 Å². The number of nitrogens with zero attached hydrogens (tertiary/aromatic N) is 1. The maximum absolute atomic E-state index is 12.6. The highest BCUT2D eigenvalue weighted by atomic mass is 35.5. The number of ether oxygens (including phenoxy) is 1. The van der Waals surface area contributed by atoms with Gasteiger partial charge in [-0.1, -0.05) is 13.3 Å². The highest BCUT2D eigenvalue weighted by Crippen LogP contribution is 2.45. The van der Waals surface area contributed by atoms with E-state index in [0.717, 1.165) is 58.2 Å². The van der Waals surface area contributed by atoms with Crippen molar-refractivity contribution in [1.29, 1.82) is 0 Å². The summed E-state index contributed by atoms with van der Waals surface area (Å²) in [6, 6.07) is 0. The Labute approximate surface area is 128 Å². The van der Waals surface area contributed by atoms with Gasteiger partial charge in [0, 0.05) is 25.1 Å². The summed E-state index contributed by atoms with van der Waals surface area (Å²) in [6.45, 7) is 5.34. The quantitative estimate of drug-likeness (QED) is 0.766. The fraction of sp³-hybridized carbons (Fsp3) is 0.933. The van der Waals surface area contributed by atoms with Crippen LogP contribution in [0.1, 0.15) is 51.9 Å². The van der Waals surface area contributed by atoms with Crippen LogP contribution in [0.5, 0.6) is 0 Å². The van der Waals surface area contributed by atoms with E-state index in [1.807, 2.05) is 0 Å². The first kappa shape index (κ1) is 17.7. The second kappa shape index (κ2) is 8.20. The molecule has 1 aliphatic heterocycles. The molecule has 2 rings (SSSR count). The Morgan fingerprint density at radius 2 is 2.00 bits per heavy atom. The lowest BCUT2D eigenvalue weighted by molar-refractivity contribution is -0.150. The summed E-state index contributed by atoms with van der Waals surface area (Å²) in [5, 5.41) is 0. The third kappa shape index (κ3) is 3.86. The normalized spacial score (nSPS) is 22.0. The molecule has 0 radical (unpaired) electrons. The van der Waals surface area contributed by atoms with Crippen molar-refractivity contribution < 1.29 is 9.53 Å². The number of nitrogens with two attached hydrogens (primary N) is 1. The van der Waals surface area contributed by atoms with Crippen LogP contribution < -0.4 is 5.73 Å². The van der Waals surface area contributed by atoms with Crippen molar-refractivity contribution in [2.45, 2.75) is 58.0 Å². The molecule has 0 bridgehead atoms. The minimum absolute atomic E-state index is 0. The topological polar surface area (TPSA) is 55.6 Å². The lowest BCUT2D eigenvalue weighted by Crippen LogP contribution is -2.51. The van der Waals surface area contributed by atoms with Crippen LogP contribution in [0.3, 0.4) is 0 Å². The molecule has 20 heavy (non-hydrogen) atoms. The first-order valence-electron chi connectivity index (χ1n) is 7.83. The molecule has 0 atom stereocenters. The molecule has 1 aliphatic carbocycles. The number of likely N-dealkylation sites (tertiary alicyclic amines) is 1. The van der Waals surface area contributed by atoms with Crippen LogP contribution >= 0.6 is 12.4 Å². The molecule has 0 aromatic heterocycles. The van der Waals surface area contributed by atoms with E-state index in [4.69, 9.17) is 10.5 Å². The monoisotopic (exact) mass is 304 g/mol. The van der Waals surface area contributed by atoms with Crippen LogP contribution in [-0.2, 0) is 9.53 Å². The summed E-state index contributed by atoms with van der Waals surface area (Å²) in [4.78, 5) is 14.6. The zero-order valence-electron chi connectivity index (χ0n) is 12.6. The van der Waals surface area contributed by atoms with Crippen LogP contribution in [0.25, 0.3) is 0 Å². The van der Waals surface area contributed by atoms with Gasteiger partial charge in [-0.3, -0.25) is 4.79 Å². The fourth-order valence-corrected chi connectivity index (χ4v) is 3.22. The lowest BCUT2D eigenvalue weighted by atomic mass is 9.66. The zero-order valence-corrected chi connectivity index (χ0v) is 13.4. The Balaban J connectivity index is 0.00000200. The Kier molecular flexibility index (Phi) is 7.27. The van der Waals surface area contributed by atoms with E-state index in [0.29, 0.717) is 18.6 Å². The summed E-state index contributed by atoms with van der Waals surface area (Å²) < 4.78 is 5.79. The van der Waals surface area contributed by atoms with Crippen LogP contribution in [0, 0.1) is 5.41 Å². The molecule has 5 heteroatoms. The van der Waals surface area contributed by atoms with Gasteiger partial charge in [0.05, 0.1) is 6.10 Å². The van der Waals surface area contributed by atoms with E-state index in [1.165, 1.54) is 6.42 Å². The number of carbonyl (C=O) groups excluding carboxylic acids is 1. The summed E-state index contributed by atoms with van der Waals surface area (Å²) >= 11 is 0. The summed E-state index contributed by atoms with van der Waals surface area (Å²) in [7, 11) is 0. The molecule has 2 fully saturated rings. The minimum atomic E-state index is -0.00670. The molecule has 2 aliphatic rings. The van der Waals surface area contributed by atoms with Crippen molar-refractivity contribution in [2.24, 2.45) is 11.1 Å². The molecular weight excluding hydrogens is 276 g/mol. The van der Waals surface area contributed by atoms with Crippen molar-refractivity contribution in [2.75, 3.05) is 26.2 Å². The Morgan fingerprint density at radius 3 is 2.45 bits per heavy atom. The van der Waals surface area contributed by atoms with E-state index in [-0.39, 0.29) is 17.8 Å². The second-order valence-corrected chi connectivity index (χ2v) is 5.99. The van der Waals surface area contributed by atoms with E-state index in [2.05, 4.69) is 11.8 Å². The van der Waals surface area contributed by atoms with E-state index in [9.17, 15) is 4.79 Å². The molecular formula is C15H29ClN2O2. The largest absolute Gasteiger partial charge is 0.378 e. The molecule has 1 saturated heterocycles. The third-order valence-electron chi connectivity index (χ3n) is 4.87. The molecule has 1 heterocycles. The lowest BCUT2D eigenvalue weighted by Gasteiger charge is -2.44. The maximum atomic E-state index is 12.6. The molecule has 0 spiro atoms. The second-order valence-electron chi connectivity index (χ2n) is 5.99. The number of amides is 1. The smallest absolute Gasteiger partial charge is 0.228 e. The highest BCUT2D eigenvalue weighted by molar-refractivity contribution is 5.85. The van der Waals surface area contributed by atoms with Crippen molar-refractivity contribution in [3.8, 4) is 0 Å². The highest BCUT2D eigenvalue weighted by Gasteiger charge is 2.45. The van der Waals surface area contributed by atoms with E-state index >= 15 is 0 Å². The number of piperidine rings is 1. The van der Waals surface area contributed by atoms with Crippen molar-refractivity contribution >= 4 is 18.3 Å². The molecule has 0 unspecified atom stereocenters.